The number of nitrogens with one attached hydrogen (secondary N) is 2. The minimum absolute atomic E-state index is 0.194. The zero-order valence-electron chi connectivity index (χ0n) is 10.4. The van der Waals surface area contributed by atoms with E-state index in [1.807, 2.05) is 6.92 Å². The largest absolute Gasteiger partial charge is 0.352 e. The Morgan fingerprint density at radius 3 is 2.69 bits per heavy atom. The van der Waals surface area contributed by atoms with Crippen LogP contribution in [-0.2, 0) is 4.79 Å². The van der Waals surface area contributed by atoms with Crippen LogP contribution in [0.1, 0.15) is 32.6 Å². The third kappa shape index (κ3) is 2.55. The molecule has 0 bridgehead atoms. The summed E-state index contributed by atoms with van der Waals surface area (Å²) in [7, 11) is 2.14. The van der Waals surface area contributed by atoms with Crippen molar-refractivity contribution in [3.63, 3.8) is 0 Å². The Kier molecular flexibility index (Phi) is 3.50. The van der Waals surface area contributed by atoms with Crippen LogP contribution in [0.2, 0.25) is 0 Å². The van der Waals surface area contributed by atoms with Gasteiger partial charge in [0.05, 0.1) is 5.54 Å². The first-order valence-electron chi connectivity index (χ1n) is 6.35. The van der Waals surface area contributed by atoms with Crippen LogP contribution in [0.5, 0.6) is 0 Å². The second-order valence-corrected chi connectivity index (χ2v) is 5.41. The number of likely N-dealkylation sites (tertiary alicyclic amines) is 1. The van der Waals surface area contributed by atoms with E-state index in [1.165, 1.54) is 0 Å². The maximum atomic E-state index is 12.1. The minimum Gasteiger partial charge on any atom is -0.352 e. The van der Waals surface area contributed by atoms with Crippen molar-refractivity contribution in [2.75, 3.05) is 26.7 Å². The van der Waals surface area contributed by atoms with Crippen molar-refractivity contribution in [2.24, 2.45) is 0 Å². The molecule has 4 heteroatoms. The summed E-state index contributed by atoms with van der Waals surface area (Å²) < 4.78 is 0. The van der Waals surface area contributed by atoms with Crippen molar-refractivity contribution < 1.29 is 4.79 Å². The molecule has 4 nitrogen and oxygen atoms in total. The second kappa shape index (κ2) is 4.72. The highest BCUT2D eigenvalue weighted by molar-refractivity contribution is 5.86. The molecular weight excluding hydrogens is 202 g/mol. The molecule has 0 aromatic rings. The predicted molar refractivity (Wildman–Crippen MR) is 64.3 cm³/mol. The number of hydrogen-bond donors (Lipinski definition) is 2. The first kappa shape index (κ1) is 11.9. The van der Waals surface area contributed by atoms with E-state index in [4.69, 9.17) is 0 Å². The van der Waals surface area contributed by atoms with E-state index in [2.05, 4.69) is 22.6 Å². The monoisotopic (exact) mass is 225 g/mol. The molecule has 2 N–H and O–H groups in total. The lowest BCUT2D eigenvalue weighted by atomic mass is 9.97. The van der Waals surface area contributed by atoms with Gasteiger partial charge in [-0.05, 0) is 59.3 Å². The normalized spacial score (nSPS) is 32.9. The summed E-state index contributed by atoms with van der Waals surface area (Å²) in [5, 5.41) is 6.50. The summed E-state index contributed by atoms with van der Waals surface area (Å²) >= 11 is 0. The maximum Gasteiger partial charge on any atom is 0.240 e. The summed E-state index contributed by atoms with van der Waals surface area (Å²) in [6, 6.07) is 0.378. The van der Waals surface area contributed by atoms with E-state index in [1.54, 1.807) is 0 Å². The Bertz CT molecular complexity index is 253. The van der Waals surface area contributed by atoms with Gasteiger partial charge in [-0.25, -0.2) is 0 Å². The van der Waals surface area contributed by atoms with Gasteiger partial charge in [0.2, 0.25) is 5.91 Å². The Morgan fingerprint density at radius 1 is 1.44 bits per heavy atom. The average molecular weight is 225 g/mol. The Morgan fingerprint density at radius 2 is 2.12 bits per heavy atom. The van der Waals surface area contributed by atoms with Crippen LogP contribution in [0.15, 0.2) is 0 Å². The highest BCUT2D eigenvalue weighted by atomic mass is 16.2. The van der Waals surface area contributed by atoms with Crippen LogP contribution in [0.3, 0.4) is 0 Å². The average Bonchev–Trinajstić information content (AvgIpc) is 2.70. The molecule has 2 rings (SSSR count). The van der Waals surface area contributed by atoms with Gasteiger partial charge in [0, 0.05) is 6.04 Å². The number of rotatable bonds is 2. The van der Waals surface area contributed by atoms with Crippen molar-refractivity contribution in [1.82, 2.24) is 15.5 Å². The Hall–Kier alpha value is -0.610. The van der Waals surface area contributed by atoms with E-state index in [0.717, 1.165) is 45.3 Å². The molecule has 2 heterocycles. The third-order valence-electron chi connectivity index (χ3n) is 3.92. The molecule has 1 atom stereocenters. The van der Waals surface area contributed by atoms with E-state index >= 15 is 0 Å². The summed E-state index contributed by atoms with van der Waals surface area (Å²) in [5.74, 6) is 0.194. The van der Waals surface area contributed by atoms with Gasteiger partial charge in [-0.2, -0.15) is 0 Å². The first-order chi connectivity index (χ1) is 7.60. The maximum absolute atomic E-state index is 12.1. The molecule has 0 radical (unpaired) electrons. The fraction of sp³-hybridized carbons (Fsp3) is 0.917. The zero-order valence-corrected chi connectivity index (χ0v) is 10.4. The predicted octanol–water partition coefficient (Wildman–Crippen LogP) is 0.339. The molecule has 2 aliphatic rings. The number of carbonyl (C=O) groups is 1. The summed E-state index contributed by atoms with van der Waals surface area (Å²) in [6.45, 7) is 5.17. The van der Waals surface area contributed by atoms with E-state index in [9.17, 15) is 4.79 Å². The fourth-order valence-electron chi connectivity index (χ4n) is 2.59. The second-order valence-electron chi connectivity index (χ2n) is 5.41. The van der Waals surface area contributed by atoms with Crippen LogP contribution >= 0.6 is 0 Å². The molecular formula is C12H23N3O. The van der Waals surface area contributed by atoms with Crippen LogP contribution < -0.4 is 10.6 Å². The number of nitrogens with zero attached hydrogens (tertiary/aromatic N) is 1. The zero-order chi connectivity index (χ0) is 11.6. The molecule has 0 aromatic carbocycles. The van der Waals surface area contributed by atoms with Crippen LogP contribution in [0.4, 0.5) is 0 Å². The quantitative estimate of drug-likeness (QED) is 0.712. The van der Waals surface area contributed by atoms with E-state index < -0.39 is 0 Å². The van der Waals surface area contributed by atoms with Gasteiger partial charge in [0.15, 0.2) is 0 Å². The number of hydrogen-bond acceptors (Lipinski definition) is 3. The molecule has 2 fully saturated rings. The lowest BCUT2D eigenvalue weighted by Gasteiger charge is -2.32. The standard InChI is InChI=1S/C12H23N3O/c1-12(6-3-7-13-12)11(16)14-10-4-8-15(2)9-5-10/h10,13H,3-9H2,1-2H3,(H,14,16). The van der Waals surface area contributed by atoms with Crippen molar-refractivity contribution in [3.8, 4) is 0 Å². The van der Waals surface area contributed by atoms with Gasteiger partial charge in [-0.15, -0.1) is 0 Å². The number of amides is 1. The molecule has 16 heavy (non-hydrogen) atoms. The van der Waals surface area contributed by atoms with Crippen molar-refractivity contribution in [1.29, 1.82) is 0 Å². The van der Waals surface area contributed by atoms with Crippen LogP contribution in [-0.4, -0.2) is 49.1 Å². The lowest BCUT2D eigenvalue weighted by Crippen LogP contribution is -2.55. The number of carbonyl (C=O) groups excluding carboxylic acids is 1. The topological polar surface area (TPSA) is 44.4 Å². The summed E-state index contributed by atoms with van der Waals surface area (Å²) in [5.41, 5.74) is -0.316. The third-order valence-corrected chi connectivity index (χ3v) is 3.92. The van der Waals surface area contributed by atoms with Crippen LogP contribution in [0.25, 0.3) is 0 Å². The fourth-order valence-corrected chi connectivity index (χ4v) is 2.59. The van der Waals surface area contributed by atoms with Gasteiger partial charge in [0.25, 0.3) is 0 Å². The van der Waals surface area contributed by atoms with Gasteiger partial charge >= 0.3 is 0 Å². The van der Waals surface area contributed by atoms with Gasteiger partial charge in [-0.3, -0.25) is 4.79 Å². The summed E-state index contributed by atoms with van der Waals surface area (Å²) in [6.07, 6.45) is 4.24. The molecule has 92 valence electrons. The van der Waals surface area contributed by atoms with Crippen molar-refractivity contribution in [2.45, 2.75) is 44.2 Å². The van der Waals surface area contributed by atoms with Gasteiger partial charge in [0.1, 0.15) is 0 Å². The molecule has 2 aliphatic heterocycles. The lowest BCUT2D eigenvalue weighted by molar-refractivity contribution is -0.127. The smallest absolute Gasteiger partial charge is 0.240 e. The molecule has 1 amide bonds. The molecule has 0 saturated carbocycles. The number of piperidine rings is 1. The van der Waals surface area contributed by atoms with Gasteiger partial charge in [-0.1, -0.05) is 0 Å². The summed E-state index contributed by atoms with van der Waals surface area (Å²) in [4.78, 5) is 14.4. The molecule has 0 aliphatic carbocycles. The first-order valence-corrected chi connectivity index (χ1v) is 6.35. The minimum atomic E-state index is -0.316. The molecule has 1 unspecified atom stereocenters. The van der Waals surface area contributed by atoms with Gasteiger partial charge < -0.3 is 15.5 Å². The van der Waals surface area contributed by atoms with E-state index in [0.29, 0.717) is 6.04 Å². The van der Waals surface area contributed by atoms with Crippen molar-refractivity contribution >= 4 is 5.91 Å². The highest BCUT2D eigenvalue weighted by Crippen LogP contribution is 2.19. The Balaban J connectivity index is 1.83. The highest BCUT2D eigenvalue weighted by Gasteiger charge is 2.36. The van der Waals surface area contributed by atoms with E-state index in [-0.39, 0.29) is 11.4 Å². The van der Waals surface area contributed by atoms with Crippen LogP contribution in [0, 0.1) is 0 Å². The SMILES string of the molecule is CN1CCC(NC(=O)C2(C)CCCN2)CC1. The Labute approximate surface area is 97.8 Å². The molecule has 2 saturated heterocycles. The molecule has 0 aromatic heterocycles. The molecule has 0 spiro atoms. The van der Waals surface area contributed by atoms with Crippen molar-refractivity contribution in [3.05, 3.63) is 0 Å².